The van der Waals surface area contributed by atoms with Gasteiger partial charge in [0.2, 0.25) is 0 Å². The van der Waals surface area contributed by atoms with Crippen LogP contribution < -0.4 is 4.74 Å². The summed E-state index contributed by atoms with van der Waals surface area (Å²) in [6.07, 6.45) is 1.06. The van der Waals surface area contributed by atoms with E-state index in [9.17, 15) is 0 Å². The third kappa shape index (κ3) is 2.63. The standard InChI is InChI=1S/C15H14Br2OS/c1-9-12(8-14(16)19-9)15(17)11-6-7-18-13-5-3-2-4-10(11)13/h2-5,8,11,15H,6-7H2,1H3. The summed E-state index contributed by atoms with van der Waals surface area (Å²) in [6, 6.07) is 10.6. The Morgan fingerprint density at radius 1 is 1.37 bits per heavy atom. The first-order chi connectivity index (χ1) is 9.16. The van der Waals surface area contributed by atoms with Crippen molar-refractivity contribution in [2.24, 2.45) is 0 Å². The zero-order chi connectivity index (χ0) is 13.4. The minimum Gasteiger partial charge on any atom is -0.493 e. The van der Waals surface area contributed by atoms with Crippen LogP contribution in [0.1, 0.15) is 33.2 Å². The van der Waals surface area contributed by atoms with Crippen molar-refractivity contribution in [3.63, 3.8) is 0 Å². The number of benzene rings is 1. The normalized spacial score (nSPS) is 19.6. The third-order valence-electron chi connectivity index (χ3n) is 3.58. The van der Waals surface area contributed by atoms with Crippen LogP contribution in [0.2, 0.25) is 0 Å². The maximum absolute atomic E-state index is 5.75. The van der Waals surface area contributed by atoms with Gasteiger partial charge in [-0.15, -0.1) is 11.3 Å². The van der Waals surface area contributed by atoms with Gasteiger partial charge in [0, 0.05) is 15.6 Å². The Morgan fingerprint density at radius 3 is 2.89 bits per heavy atom. The fraction of sp³-hybridized carbons (Fsp3) is 0.333. The Labute approximate surface area is 134 Å². The summed E-state index contributed by atoms with van der Waals surface area (Å²) in [5.74, 6) is 1.51. The van der Waals surface area contributed by atoms with Crippen LogP contribution in [0.5, 0.6) is 5.75 Å². The molecular weight excluding hydrogens is 388 g/mol. The topological polar surface area (TPSA) is 9.23 Å². The molecule has 3 rings (SSSR count). The van der Waals surface area contributed by atoms with Gasteiger partial charge in [0.1, 0.15) is 5.75 Å². The van der Waals surface area contributed by atoms with Crippen LogP contribution in [0.3, 0.4) is 0 Å². The van der Waals surface area contributed by atoms with Crippen molar-refractivity contribution in [2.75, 3.05) is 6.61 Å². The van der Waals surface area contributed by atoms with E-state index >= 15 is 0 Å². The lowest BCUT2D eigenvalue weighted by atomic mass is 9.87. The van der Waals surface area contributed by atoms with Crippen molar-refractivity contribution in [1.82, 2.24) is 0 Å². The van der Waals surface area contributed by atoms with Crippen molar-refractivity contribution in [1.29, 1.82) is 0 Å². The highest BCUT2D eigenvalue weighted by atomic mass is 79.9. The molecular formula is C15H14Br2OS. The first kappa shape index (κ1) is 13.7. The number of alkyl halides is 1. The second-order valence-corrected chi connectivity index (χ2v) is 8.37. The molecule has 2 unspecified atom stereocenters. The van der Waals surface area contributed by atoms with E-state index in [-0.39, 0.29) is 0 Å². The van der Waals surface area contributed by atoms with Crippen LogP contribution in [0, 0.1) is 6.92 Å². The van der Waals surface area contributed by atoms with Gasteiger partial charge in [-0.25, -0.2) is 0 Å². The van der Waals surface area contributed by atoms with Gasteiger partial charge in [-0.3, -0.25) is 0 Å². The molecule has 0 amide bonds. The Balaban J connectivity index is 1.97. The molecule has 0 radical (unpaired) electrons. The largest absolute Gasteiger partial charge is 0.493 e. The first-order valence-corrected chi connectivity index (χ1v) is 8.81. The molecule has 0 saturated carbocycles. The van der Waals surface area contributed by atoms with Crippen molar-refractivity contribution in [2.45, 2.75) is 24.1 Å². The molecule has 1 aliphatic heterocycles. The molecule has 4 heteroatoms. The predicted molar refractivity (Wildman–Crippen MR) is 87.7 cm³/mol. The molecule has 1 aromatic heterocycles. The van der Waals surface area contributed by atoms with Crippen molar-refractivity contribution in [3.05, 3.63) is 50.1 Å². The molecule has 0 saturated heterocycles. The monoisotopic (exact) mass is 400 g/mol. The van der Waals surface area contributed by atoms with Crippen molar-refractivity contribution < 1.29 is 4.74 Å². The number of para-hydroxylation sites is 1. The molecule has 1 aromatic carbocycles. The van der Waals surface area contributed by atoms with E-state index in [1.807, 2.05) is 6.07 Å². The Kier molecular flexibility index (Phi) is 4.01. The molecule has 0 spiro atoms. The number of rotatable bonds is 2. The van der Waals surface area contributed by atoms with Crippen LogP contribution in [0.4, 0.5) is 0 Å². The van der Waals surface area contributed by atoms with Gasteiger partial charge < -0.3 is 4.74 Å². The summed E-state index contributed by atoms with van der Waals surface area (Å²) >= 11 is 9.29. The van der Waals surface area contributed by atoms with Gasteiger partial charge in [-0.2, -0.15) is 0 Å². The van der Waals surface area contributed by atoms with E-state index in [0.29, 0.717) is 10.7 Å². The number of hydrogen-bond donors (Lipinski definition) is 0. The van der Waals surface area contributed by atoms with Gasteiger partial charge in [-0.1, -0.05) is 34.1 Å². The summed E-state index contributed by atoms with van der Waals surface area (Å²) in [7, 11) is 0. The summed E-state index contributed by atoms with van der Waals surface area (Å²) < 4.78 is 6.95. The Morgan fingerprint density at radius 2 is 2.16 bits per heavy atom. The fourth-order valence-electron chi connectivity index (χ4n) is 2.62. The average Bonchev–Trinajstić information content (AvgIpc) is 2.76. The summed E-state index contributed by atoms with van der Waals surface area (Å²) in [4.78, 5) is 1.72. The van der Waals surface area contributed by atoms with E-state index in [1.54, 1.807) is 11.3 Å². The van der Waals surface area contributed by atoms with Gasteiger partial charge in [0.05, 0.1) is 10.4 Å². The smallest absolute Gasteiger partial charge is 0.122 e. The average molecular weight is 402 g/mol. The Hall–Kier alpha value is -0.320. The molecule has 0 fully saturated rings. The fourth-order valence-corrected chi connectivity index (χ4v) is 5.56. The quantitative estimate of drug-likeness (QED) is 0.576. The second-order valence-electron chi connectivity index (χ2n) is 4.75. The highest BCUT2D eigenvalue weighted by Gasteiger charge is 2.29. The number of halogens is 2. The van der Waals surface area contributed by atoms with Gasteiger partial charge in [-0.05, 0) is 52.5 Å². The van der Waals surface area contributed by atoms with Crippen molar-refractivity contribution >= 4 is 43.2 Å². The highest BCUT2D eigenvalue weighted by Crippen LogP contribution is 2.48. The van der Waals surface area contributed by atoms with E-state index in [4.69, 9.17) is 4.74 Å². The van der Waals surface area contributed by atoms with Crippen LogP contribution in [-0.4, -0.2) is 6.61 Å². The lowest BCUT2D eigenvalue weighted by molar-refractivity contribution is 0.266. The summed E-state index contributed by atoms with van der Waals surface area (Å²) in [5.41, 5.74) is 2.70. The number of thiophene rings is 1. The molecule has 2 atom stereocenters. The summed E-state index contributed by atoms with van der Waals surface area (Å²) in [5, 5.41) is 0. The molecule has 0 bridgehead atoms. The zero-order valence-electron chi connectivity index (χ0n) is 10.5. The molecule has 19 heavy (non-hydrogen) atoms. The van der Waals surface area contributed by atoms with Gasteiger partial charge in [0.25, 0.3) is 0 Å². The van der Waals surface area contributed by atoms with E-state index in [0.717, 1.165) is 18.8 Å². The predicted octanol–water partition coefficient (Wildman–Crippen LogP) is 5.82. The molecule has 2 heterocycles. The molecule has 0 N–H and O–H groups in total. The maximum atomic E-state index is 5.75. The second kappa shape index (κ2) is 5.58. The first-order valence-electron chi connectivity index (χ1n) is 6.28. The number of ether oxygens (including phenoxy) is 1. The minimum atomic E-state index is 0.347. The van der Waals surface area contributed by atoms with Crippen LogP contribution in [0.25, 0.3) is 0 Å². The SMILES string of the molecule is Cc1sc(Br)cc1C(Br)C1CCOc2ccccc21. The van der Waals surface area contributed by atoms with Crippen LogP contribution >= 0.6 is 43.2 Å². The molecule has 100 valence electrons. The number of fused-ring (bicyclic) bond motifs is 1. The highest BCUT2D eigenvalue weighted by molar-refractivity contribution is 9.11. The van der Waals surface area contributed by atoms with Crippen LogP contribution in [-0.2, 0) is 0 Å². The molecule has 1 aliphatic rings. The molecule has 0 aliphatic carbocycles. The molecule has 1 nitrogen and oxygen atoms in total. The third-order valence-corrected chi connectivity index (χ3v) is 6.28. The van der Waals surface area contributed by atoms with Gasteiger partial charge >= 0.3 is 0 Å². The number of hydrogen-bond acceptors (Lipinski definition) is 2. The molecule has 2 aromatic rings. The summed E-state index contributed by atoms with van der Waals surface area (Å²) in [6.45, 7) is 2.98. The van der Waals surface area contributed by atoms with Crippen molar-refractivity contribution in [3.8, 4) is 5.75 Å². The van der Waals surface area contributed by atoms with E-state index < -0.39 is 0 Å². The minimum absolute atomic E-state index is 0.347. The zero-order valence-corrected chi connectivity index (χ0v) is 14.5. The van der Waals surface area contributed by atoms with E-state index in [1.165, 1.54) is 19.8 Å². The lowest BCUT2D eigenvalue weighted by Gasteiger charge is -2.29. The van der Waals surface area contributed by atoms with E-state index in [2.05, 4.69) is 63.0 Å². The number of aryl methyl sites for hydroxylation is 1. The van der Waals surface area contributed by atoms with Crippen LogP contribution in [0.15, 0.2) is 34.1 Å². The maximum Gasteiger partial charge on any atom is 0.122 e. The Bertz CT molecular complexity index is 594. The lowest BCUT2D eigenvalue weighted by Crippen LogP contribution is -2.17. The van der Waals surface area contributed by atoms with Gasteiger partial charge in [0.15, 0.2) is 0 Å².